The molecule has 1 N–H and O–H groups in total. The van der Waals surface area contributed by atoms with E-state index < -0.39 is 0 Å². The Hall–Kier alpha value is -1.27. The molecule has 0 saturated heterocycles. The molecule has 1 aliphatic carbocycles. The van der Waals surface area contributed by atoms with Gasteiger partial charge >= 0.3 is 0 Å². The summed E-state index contributed by atoms with van der Waals surface area (Å²) in [7, 11) is 0. The minimum Gasteiger partial charge on any atom is -0.419 e. The zero-order chi connectivity index (χ0) is 13.1. The number of nitrogens with one attached hydrogen (secondary N) is 1. The maximum absolute atomic E-state index is 5.63. The van der Waals surface area contributed by atoms with Gasteiger partial charge in [-0.1, -0.05) is 0 Å². The van der Waals surface area contributed by atoms with E-state index >= 15 is 0 Å². The summed E-state index contributed by atoms with van der Waals surface area (Å²) in [5.41, 5.74) is 0.692. The van der Waals surface area contributed by atoms with Crippen molar-refractivity contribution in [2.24, 2.45) is 0 Å². The standard InChI is InChI=1S/C13H15BrN4O/c14-10-3-1-8-16-12(10)13-18-17-11(19-13)4-2-7-15-9-5-6-9/h1,3,8-9,15H,2,4-7H2. The first-order valence-corrected chi connectivity index (χ1v) is 7.29. The molecule has 5 nitrogen and oxygen atoms in total. The molecule has 0 unspecified atom stereocenters. The molecule has 2 heterocycles. The average Bonchev–Trinajstić information content (AvgIpc) is 3.13. The van der Waals surface area contributed by atoms with E-state index in [-0.39, 0.29) is 0 Å². The van der Waals surface area contributed by atoms with Crippen LogP contribution in [0.15, 0.2) is 27.2 Å². The Labute approximate surface area is 120 Å². The van der Waals surface area contributed by atoms with Gasteiger partial charge in [-0.2, -0.15) is 0 Å². The first-order chi connectivity index (χ1) is 9.33. The van der Waals surface area contributed by atoms with Gasteiger partial charge in [-0.15, -0.1) is 10.2 Å². The molecular formula is C13H15BrN4O. The van der Waals surface area contributed by atoms with Crippen LogP contribution >= 0.6 is 15.9 Å². The maximum atomic E-state index is 5.63. The molecule has 0 amide bonds. The lowest BCUT2D eigenvalue weighted by atomic mass is 10.3. The summed E-state index contributed by atoms with van der Waals surface area (Å²) in [5.74, 6) is 1.14. The summed E-state index contributed by atoms with van der Waals surface area (Å²) in [6, 6.07) is 4.52. The van der Waals surface area contributed by atoms with Gasteiger partial charge in [0, 0.05) is 23.1 Å². The van der Waals surface area contributed by atoms with E-state index in [1.165, 1.54) is 12.8 Å². The Balaban J connectivity index is 1.57. The fourth-order valence-electron chi connectivity index (χ4n) is 1.83. The van der Waals surface area contributed by atoms with Crippen LogP contribution in [-0.4, -0.2) is 27.8 Å². The van der Waals surface area contributed by atoms with Crippen LogP contribution in [0, 0.1) is 0 Å². The monoisotopic (exact) mass is 322 g/mol. The van der Waals surface area contributed by atoms with Crippen LogP contribution < -0.4 is 5.32 Å². The summed E-state index contributed by atoms with van der Waals surface area (Å²) in [6.07, 6.45) is 6.17. The second-order valence-electron chi connectivity index (χ2n) is 4.67. The fourth-order valence-corrected chi connectivity index (χ4v) is 2.25. The zero-order valence-electron chi connectivity index (χ0n) is 10.5. The molecule has 1 saturated carbocycles. The van der Waals surface area contributed by atoms with Gasteiger partial charge in [0.2, 0.25) is 5.89 Å². The van der Waals surface area contributed by atoms with Crippen LogP contribution in [0.1, 0.15) is 25.2 Å². The lowest BCUT2D eigenvalue weighted by molar-refractivity contribution is 0.489. The maximum Gasteiger partial charge on any atom is 0.267 e. The third kappa shape index (κ3) is 3.39. The zero-order valence-corrected chi connectivity index (χ0v) is 12.1. The van der Waals surface area contributed by atoms with Gasteiger partial charge < -0.3 is 9.73 Å². The Morgan fingerprint density at radius 2 is 2.26 bits per heavy atom. The summed E-state index contributed by atoms with van der Waals surface area (Å²) in [6.45, 7) is 1.01. The van der Waals surface area contributed by atoms with Gasteiger partial charge in [0.25, 0.3) is 5.89 Å². The number of hydrogen-bond donors (Lipinski definition) is 1. The predicted molar refractivity (Wildman–Crippen MR) is 74.6 cm³/mol. The highest BCUT2D eigenvalue weighted by molar-refractivity contribution is 9.10. The Bertz CT molecular complexity index is 553. The lowest BCUT2D eigenvalue weighted by Gasteiger charge is -1.99. The van der Waals surface area contributed by atoms with Crippen molar-refractivity contribution in [3.63, 3.8) is 0 Å². The van der Waals surface area contributed by atoms with E-state index in [1.54, 1.807) is 6.20 Å². The van der Waals surface area contributed by atoms with Crippen LogP contribution in [0.25, 0.3) is 11.6 Å². The van der Waals surface area contributed by atoms with E-state index in [1.807, 2.05) is 12.1 Å². The number of hydrogen-bond acceptors (Lipinski definition) is 5. The van der Waals surface area contributed by atoms with Crippen molar-refractivity contribution < 1.29 is 4.42 Å². The van der Waals surface area contributed by atoms with Crippen LogP contribution in [0.5, 0.6) is 0 Å². The molecule has 3 rings (SSSR count). The van der Waals surface area contributed by atoms with Crippen molar-refractivity contribution in [2.75, 3.05) is 6.54 Å². The second kappa shape index (κ2) is 5.79. The first-order valence-electron chi connectivity index (χ1n) is 6.49. The van der Waals surface area contributed by atoms with Crippen LogP contribution in [0.3, 0.4) is 0 Å². The molecule has 1 fully saturated rings. The molecule has 2 aromatic heterocycles. The first kappa shape index (κ1) is 12.7. The second-order valence-corrected chi connectivity index (χ2v) is 5.52. The number of halogens is 1. The van der Waals surface area contributed by atoms with Crippen molar-refractivity contribution in [2.45, 2.75) is 31.7 Å². The summed E-state index contributed by atoms with van der Waals surface area (Å²) in [5, 5.41) is 11.6. The third-order valence-corrected chi connectivity index (χ3v) is 3.65. The smallest absolute Gasteiger partial charge is 0.267 e. The molecule has 2 aromatic rings. The fraction of sp³-hybridized carbons (Fsp3) is 0.462. The lowest BCUT2D eigenvalue weighted by Crippen LogP contribution is -2.17. The van der Waals surface area contributed by atoms with E-state index in [2.05, 4.69) is 36.4 Å². The molecule has 6 heteroatoms. The van der Waals surface area contributed by atoms with Crippen molar-refractivity contribution in [1.29, 1.82) is 0 Å². The SMILES string of the molecule is Brc1cccnc1-c1nnc(CCCNC2CC2)o1. The van der Waals surface area contributed by atoms with E-state index in [9.17, 15) is 0 Å². The minimum absolute atomic E-state index is 0.470. The molecule has 19 heavy (non-hydrogen) atoms. The largest absolute Gasteiger partial charge is 0.419 e. The van der Waals surface area contributed by atoms with Gasteiger partial charge in [0.05, 0.1) is 0 Å². The predicted octanol–water partition coefficient (Wildman–Crippen LogP) is 2.58. The molecule has 0 aromatic carbocycles. The highest BCUT2D eigenvalue weighted by atomic mass is 79.9. The number of rotatable bonds is 6. The number of pyridine rings is 1. The van der Waals surface area contributed by atoms with E-state index in [0.29, 0.717) is 17.5 Å². The third-order valence-electron chi connectivity index (χ3n) is 3.01. The van der Waals surface area contributed by atoms with Gasteiger partial charge in [-0.3, -0.25) is 0 Å². The average molecular weight is 323 g/mol. The van der Waals surface area contributed by atoms with Crippen molar-refractivity contribution in [1.82, 2.24) is 20.5 Å². The molecular weight excluding hydrogens is 308 g/mol. The molecule has 0 bridgehead atoms. The molecule has 1 aliphatic rings. The highest BCUT2D eigenvalue weighted by Gasteiger charge is 2.19. The van der Waals surface area contributed by atoms with E-state index in [0.717, 1.165) is 29.9 Å². The van der Waals surface area contributed by atoms with Crippen LogP contribution in [0.2, 0.25) is 0 Å². The topological polar surface area (TPSA) is 63.8 Å². The molecule has 0 radical (unpaired) electrons. The number of nitrogens with zero attached hydrogens (tertiary/aromatic N) is 3. The summed E-state index contributed by atoms with van der Waals surface area (Å²) < 4.78 is 6.49. The molecule has 0 atom stereocenters. The van der Waals surface area contributed by atoms with Gasteiger partial charge in [0.1, 0.15) is 5.69 Å². The van der Waals surface area contributed by atoms with Gasteiger partial charge in [0.15, 0.2) is 0 Å². The van der Waals surface area contributed by atoms with Crippen LogP contribution in [-0.2, 0) is 6.42 Å². The van der Waals surface area contributed by atoms with Crippen molar-refractivity contribution >= 4 is 15.9 Å². The quantitative estimate of drug-likeness (QED) is 0.828. The number of aromatic nitrogens is 3. The molecule has 0 spiro atoms. The number of aryl methyl sites for hydroxylation is 1. The minimum atomic E-state index is 0.470. The Morgan fingerprint density at radius 3 is 3.05 bits per heavy atom. The molecule has 0 aliphatic heterocycles. The van der Waals surface area contributed by atoms with E-state index in [4.69, 9.17) is 4.42 Å². The normalized spacial score (nSPS) is 14.8. The van der Waals surface area contributed by atoms with Crippen molar-refractivity contribution in [3.8, 4) is 11.6 Å². The Kier molecular flexibility index (Phi) is 3.89. The van der Waals surface area contributed by atoms with Gasteiger partial charge in [-0.05, 0) is 53.9 Å². The highest BCUT2D eigenvalue weighted by Crippen LogP contribution is 2.24. The summed E-state index contributed by atoms with van der Waals surface area (Å²) in [4.78, 5) is 4.23. The van der Waals surface area contributed by atoms with Crippen molar-refractivity contribution in [3.05, 3.63) is 28.7 Å². The molecule has 100 valence electrons. The van der Waals surface area contributed by atoms with Gasteiger partial charge in [-0.25, -0.2) is 4.98 Å². The van der Waals surface area contributed by atoms with Crippen LogP contribution in [0.4, 0.5) is 0 Å². The Morgan fingerprint density at radius 1 is 1.37 bits per heavy atom. The summed E-state index contributed by atoms with van der Waals surface area (Å²) >= 11 is 3.43.